The highest BCUT2D eigenvalue weighted by Gasteiger charge is 2.21. The number of methoxy groups -OCH3 is 1. The quantitative estimate of drug-likeness (QED) is 0.633. The number of amides is 2. The van der Waals surface area contributed by atoms with Gasteiger partial charge >= 0.3 is 0 Å². The van der Waals surface area contributed by atoms with Crippen molar-refractivity contribution in [1.29, 1.82) is 0 Å². The predicted molar refractivity (Wildman–Crippen MR) is 119 cm³/mol. The Bertz CT molecular complexity index is 1060. The number of likely N-dealkylation sites (N-methyl/N-ethyl adjacent to an activating group) is 1. The van der Waals surface area contributed by atoms with Gasteiger partial charge in [-0.2, -0.15) is 0 Å². The lowest BCUT2D eigenvalue weighted by Crippen LogP contribution is -2.35. The van der Waals surface area contributed by atoms with E-state index in [4.69, 9.17) is 16.3 Å². The molecule has 0 aliphatic carbocycles. The number of nitrogens with one attached hydrogen (secondary N) is 1. The summed E-state index contributed by atoms with van der Waals surface area (Å²) in [7, 11) is 3.06. The van der Waals surface area contributed by atoms with Crippen molar-refractivity contribution in [3.63, 3.8) is 0 Å². The molecule has 0 spiro atoms. The molecule has 0 saturated heterocycles. The van der Waals surface area contributed by atoms with E-state index in [-0.39, 0.29) is 18.4 Å². The number of ether oxygens (including phenoxy) is 1. The zero-order valence-corrected chi connectivity index (χ0v) is 18.2. The van der Waals surface area contributed by atoms with Gasteiger partial charge < -0.3 is 19.5 Å². The van der Waals surface area contributed by atoms with Crippen LogP contribution in [0.5, 0.6) is 5.75 Å². The molecule has 6 nitrogen and oxygen atoms in total. The Morgan fingerprint density at radius 3 is 2.33 bits per heavy atom. The molecule has 0 unspecified atom stereocenters. The lowest BCUT2D eigenvalue weighted by Gasteiger charge is -2.20. The highest BCUT2D eigenvalue weighted by Crippen LogP contribution is 2.30. The van der Waals surface area contributed by atoms with Crippen LogP contribution in [0, 0.1) is 13.8 Å². The first-order valence-corrected chi connectivity index (χ1v) is 9.82. The number of carbonyl (C=O) groups is 2. The summed E-state index contributed by atoms with van der Waals surface area (Å²) in [5.41, 5.74) is 3.68. The molecule has 0 radical (unpaired) electrons. The van der Waals surface area contributed by atoms with Crippen molar-refractivity contribution in [3.8, 4) is 11.4 Å². The van der Waals surface area contributed by atoms with Crippen LogP contribution < -0.4 is 10.1 Å². The molecule has 3 rings (SSSR count). The smallest absolute Gasteiger partial charge is 0.257 e. The second-order valence-corrected chi connectivity index (χ2v) is 7.48. The Kier molecular flexibility index (Phi) is 6.47. The maximum absolute atomic E-state index is 13.0. The molecular formula is C23H24ClN3O3. The van der Waals surface area contributed by atoms with Gasteiger partial charge in [-0.25, -0.2) is 0 Å². The van der Waals surface area contributed by atoms with Crippen LogP contribution in [0.25, 0.3) is 5.69 Å². The molecule has 0 fully saturated rings. The van der Waals surface area contributed by atoms with Crippen LogP contribution in [0.3, 0.4) is 0 Å². The second kappa shape index (κ2) is 9.05. The van der Waals surface area contributed by atoms with E-state index >= 15 is 0 Å². The molecule has 1 aromatic heterocycles. The lowest BCUT2D eigenvalue weighted by molar-refractivity contribution is -0.116. The standard InChI is InChI=1S/C23H24ClN3O3/c1-15-8-7-9-16(2)22(15)25-21(28)14-26(3)23(29)17-12-18(24)19(13-20(17)30-4)27-10-5-6-11-27/h5-13H,14H2,1-4H3,(H,25,28). The van der Waals surface area contributed by atoms with Crippen molar-refractivity contribution >= 4 is 29.1 Å². The minimum absolute atomic E-state index is 0.104. The number of halogens is 1. The molecule has 1 heterocycles. The minimum Gasteiger partial charge on any atom is -0.496 e. The van der Waals surface area contributed by atoms with Crippen molar-refractivity contribution in [2.24, 2.45) is 0 Å². The van der Waals surface area contributed by atoms with Crippen LogP contribution in [0.2, 0.25) is 5.02 Å². The fourth-order valence-corrected chi connectivity index (χ4v) is 3.52. The number of aromatic nitrogens is 1. The number of anilines is 1. The van der Waals surface area contributed by atoms with Crippen LogP contribution in [-0.4, -0.2) is 42.0 Å². The van der Waals surface area contributed by atoms with E-state index in [0.717, 1.165) is 16.8 Å². The molecular weight excluding hydrogens is 402 g/mol. The van der Waals surface area contributed by atoms with Crippen molar-refractivity contribution in [2.75, 3.05) is 26.0 Å². The predicted octanol–water partition coefficient (Wildman–Crippen LogP) is 4.47. The average Bonchev–Trinajstić information content (AvgIpc) is 3.24. The van der Waals surface area contributed by atoms with Crippen LogP contribution in [0.15, 0.2) is 54.9 Å². The van der Waals surface area contributed by atoms with Gasteiger partial charge in [-0.3, -0.25) is 9.59 Å². The second-order valence-electron chi connectivity index (χ2n) is 7.07. The van der Waals surface area contributed by atoms with Gasteiger partial charge in [-0.15, -0.1) is 0 Å². The number of nitrogens with zero attached hydrogens (tertiary/aromatic N) is 2. The molecule has 3 aromatic rings. The summed E-state index contributed by atoms with van der Waals surface area (Å²) in [5.74, 6) is -0.253. The third-order valence-electron chi connectivity index (χ3n) is 4.85. The number of hydrogen-bond donors (Lipinski definition) is 1. The molecule has 2 amide bonds. The number of para-hydroxylation sites is 1. The number of benzene rings is 2. The molecule has 1 N–H and O–H groups in total. The van der Waals surface area contributed by atoms with Crippen molar-refractivity contribution in [3.05, 3.63) is 76.6 Å². The van der Waals surface area contributed by atoms with E-state index in [1.807, 2.05) is 61.1 Å². The average molecular weight is 426 g/mol. The molecule has 7 heteroatoms. The summed E-state index contributed by atoms with van der Waals surface area (Å²) >= 11 is 6.42. The van der Waals surface area contributed by atoms with Gasteiger partial charge in [0.05, 0.1) is 29.9 Å². The zero-order chi connectivity index (χ0) is 21.8. The normalized spacial score (nSPS) is 10.6. The SMILES string of the molecule is COc1cc(-n2cccc2)c(Cl)cc1C(=O)N(C)CC(=O)Nc1c(C)cccc1C. The molecule has 0 aliphatic rings. The third-order valence-corrected chi connectivity index (χ3v) is 5.16. The fraction of sp³-hybridized carbons (Fsp3) is 0.217. The largest absolute Gasteiger partial charge is 0.496 e. The first kappa shape index (κ1) is 21.5. The van der Waals surface area contributed by atoms with Gasteiger partial charge in [0.25, 0.3) is 5.91 Å². The summed E-state index contributed by atoms with van der Waals surface area (Å²) in [6, 6.07) is 12.8. The third kappa shape index (κ3) is 4.49. The van der Waals surface area contributed by atoms with Crippen LogP contribution in [0.1, 0.15) is 21.5 Å². The Labute approximate surface area is 181 Å². The van der Waals surface area contributed by atoms with Gasteiger partial charge in [0.2, 0.25) is 5.91 Å². The molecule has 0 bridgehead atoms. The van der Waals surface area contributed by atoms with E-state index in [9.17, 15) is 9.59 Å². The van der Waals surface area contributed by atoms with Gasteiger partial charge in [0, 0.05) is 31.2 Å². The highest BCUT2D eigenvalue weighted by atomic mass is 35.5. The maximum atomic E-state index is 13.0. The van der Waals surface area contributed by atoms with Crippen molar-refractivity contribution in [1.82, 2.24) is 9.47 Å². The van der Waals surface area contributed by atoms with Crippen LogP contribution >= 0.6 is 11.6 Å². The molecule has 0 aliphatic heterocycles. The molecule has 156 valence electrons. The van der Waals surface area contributed by atoms with Crippen LogP contribution in [-0.2, 0) is 4.79 Å². The van der Waals surface area contributed by atoms with E-state index in [1.165, 1.54) is 12.0 Å². The first-order chi connectivity index (χ1) is 14.3. The van der Waals surface area contributed by atoms with E-state index in [1.54, 1.807) is 19.2 Å². The monoisotopic (exact) mass is 425 g/mol. The summed E-state index contributed by atoms with van der Waals surface area (Å²) in [5, 5.41) is 3.30. The molecule has 0 saturated carbocycles. The molecule has 30 heavy (non-hydrogen) atoms. The Morgan fingerprint density at radius 2 is 1.73 bits per heavy atom. The lowest BCUT2D eigenvalue weighted by atomic mass is 10.1. The Morgan fingerprint density at radius 1 is 1.10 bits per heavy atom. The number of aryl methyl sites for hydroxylation is 2. The van der Waals surface area contributed by atoms with Crippen molar-refractivity contribution < 1.29 is 14.3 Å². The Hall–Kier alpha value is -3.25. The van der Waals surface area contributed by atoms with Crippen molar-refractivity contribution in [2.45, 2.75) is 13.8 Å². The summed E-state index contributed by atoms with van der Waals surface area (Å²) in [4.78, 5) is 26.9. The Balaban J connectivity index is 1.78. The number of rotatable bonds is 6. The minimum atomic E-state index is -0.357. The van der Waals surface area contributed by atoms with Gasteiger partial charge in [-0.1, -0.05) is 29.8 Å². The fourth-order valence-electron chi connectivity index (χ4n) is 3.26. The topological polar surface area (TPSA) is 63.6 Å². The van der Waals surface area contributed by atoms with Crippen LogP contribution in [0.4, 0.5) is 5.69 Å². The van der Waals surface area contributed by atoms with E-state index in [0.29, 0.717) is 22.0 Å². The van der Waals surface area contributed by atoms with Gasteiger partial charge in [0.15, 0.2) is 0 Å². The van der Waals surface area contributed by atoms with Gasteiger partial charge in [0.1, 0.15) is 5.75 Å². The number of carbonyl (C=O) groups excluding carboxylic acids is 2. The van der Waals surface area contributed by atoms with Gasteiger partial charge in [-0.05, 0) is 43.2 Å². The zero-order valence-electron chi connectivity index (χ0n) is 17.4. The molecule has 0 atom stereocenters. The highest BCUT2D eigenvalue weighted by molar-refractivity contribution is 6.33. The van der Waals surface area contributed by atoms with E-state index in [2.05, 4.69) is 5.32 Å². The first-order valence-electron chi connectivity index (χ1n) is 9.44. The summed E-state index contributed by atoms with van der Waals surface area (Å²) in [6.07, 6.45) is 3.71. The summed E-state index contributed by atoms with van der Waals surface area (Å²) in [6.45, 7) is 3.75. The number of hydrogen-bond acceptors (Lipinski definition) is 3. The molecule has 2 aromatic carbocycles. The maximum Gasteiger partial charge on any atom is 0.257 e. The summed E-state index contributed by atoms with van der Waals surface area (Å²) < 4.78 is 7.26. The van der Waals surface area contributed by atoms with E-state index < -0.39 is 0 Å².